The summed E-state index contributed by atoms with van der Waals surface area (Å²) in [5.41, 5.74) is 1.26. The maximum Gasteiger partial charge on any atom is 0.410 e. The Balaban J connectivity index is 2.25. The van der Waals surface area contributed by atoms with E-state index in [1.54, 1.807) is 25.1 Å². The third-order valence-electron chi connectivity index (χ3n) is 4.50. The lowest BCUT2D eigenvalue weighted by Gasteiger charge is -2.37. The molecule has 0 radical (unpaired) electrons. The molecule has 2 aromatic rings. The third kappa shape index (κ3) is 4.82. The van der Waals surface area contributed by atoms with Crippen molar-refractivity contribution in [2.45, 2.75) is 39.5 Å². The summed E-state index contributed by atoms with van der Waals surface area (Å²) >= 11 is 0. The molecular weight excluding hydrogens is 333 g/mol. The minimum absolute atomic E-state index is 0.0153. The first-order valence-corrected chi connectivity index (χ1v) is 8.80. The minimum atomic E-state index is -0.572. The molecule has 0 fully saturated rings. The molecular formula is C21H26FNO3. The van der Waals surface area contributed by atoms with Gasteiger partial charge in [-0.25, -0.2) is 9.18 Å². The first-order valence-electron chi connectivity index (χ1n) is 8.80. The van der Waals surface area contributed by atoms with Crippen LogP contribution >= 0.6 is 0 Å². The molecule has 0 spiro atoms. The maximum absolute atomic E-state index is 14.2. The van der Waals surface area contributed by atoms with Gasteiger partial charge in [0.15, 0.2) is 0 Å². The van der Waals surface area contributed by atoms with Crippen LogP contribution in [-0.4, -0.2) is 28.7 Å². The summed E-state index contributed by atoms with van der Waals surface area (Å²) < 4.78 is 19.7. The molecule has 1 amide bonds. The van der Waals surface area contributed by atoms with Crippen LogP contribution in [0.2, 0.25) is 0 Å². The number of nitrogens with zero attached hydrogens (tertiary/aromatic N) is 1. The molecule has 0 aromatic heterocycles. The van der Waals surface area contributed by atoms with Crippen molar-refractivity contribution < 1.29 is 19.0 Å². The normalized spacial score (nSPS) is 13.3. The van der Waals surface area contributed by atoms with Gasteiger partial charge in [0.05, 0.1) is 18.7 Å². The Morgan fingerprint density at radius 1 is 1.08 bits per heavy atom. The van der Waals surface area contributed by atoms with Gasteiger partial charge in [-0.3, -0.25) is 4.90 Å². The second kappa shape index (κ2) is 9.34. The van der Waals surface area contributed by atoms with Gasteiger partial charge in [-0.05, 0) is 24.5 Å². The number of ether oxygens (including phenoxy) is 1. The number of hydrogen-bond donors (Lipinski definition) is 1. The quantitative estimate of drug-likeness (QED) is 0.789. The molecule has 0 aliphatic carbocycles. The van der Waals surface area contributed by atoms with E-state index in [-0.39, 0.29) is 24.9 Å². The van der Waals surface area contributed by atoms with Crippen LogP contribution < -0.4 is 0 Å². The number of benzene rings is 2. The van der Waals surface area contributed by atoms with Crippen LogP contribution in [-0.2, 0) is 11.3 Å². The van der Waals surface area contributed by atoms with Crippen molar-refractivity contribution in [3.05, 3.63) is 71.5 Å². The van der Waals surface area contributed by atoms with Crippen molar-refractivity contribution in [3.8, 4) is 0 Å². The Labute approximate surface area is 154 Å². The Bertz CT molecular complexity index is 705. The molecule has 5 heteroatoms. The van der Waals surface area contributed by atoms with Crippen LogP contribution in [0.3, 0.4) is 0 Å². The number of hydrogen-bond acceptors (Lipinski definition) is 3. The Morgan fingerprint density at radius 3 is 2.27 bits per heavy atom. The highest BCUT2D eigenvalue weighted by molar-refractivity contribution is 5.69. The summed E-state index contributed by atoms with van der Waals surface area (Å²) in [4.78, 5) is 14.3. The summed E-state index contributed by atoms with van der Waals surface area (Å²) in [7, 11) is 0. The topological polar surface area (TPSA) is 49.8 Å². The molecule has 2 aromatic carbocycles. The van der Waals surface area contributed by atoms with E-state index in [0.29, 0.717) is 5.56 Å². The Kier molecular flexibility index (Phi) is 7.16. The lowest BCUT2D eigenvalue weighted by molar-refractivity contribution is 0.0317. The molecule has 4 nitrogen and oxygen atoms in total. The zero-order chi connectivity index (χ0) is 19.1. The molecule has 0 aliphatic rings. The summed E-state index contributed by atoms with van der Waals surface area (Å²) in [6, 6.07) is 14.6. The number of halogens is 1. The van der Waals surface area contributed by atoms with Crippen LogP contribution in [0.25, 0.3) is 0 Å². The lowest BCUT2D eigenvalue weighted by atomic mass is 9.99. The highest BCUT2D eigenvalue weighted by Gasteiger charge is 2.33. The van der Waals surface area contributed by atoms with E-state index in [1.165, 1.54) is 11.0 Å². The first-order chi connectivity index (χ1) is 12.5. The van der Waals surface area contributed by atoms with Crippen molar-refractivity contribution in [3.63, 3.8) is 0 Å². The molecule has 2 unspecified atom stereocenters. The largest absolute Gasteiger partial charge is 0.445 e. The predicted octanol–water partition coefficient (Wildman–Crippen LogP) is 4.54. The smallest absolute Gasteiger partial charge is 0.410 e. The molecule has 1 N–H and O–H groups in total. The number of aliphatic hydroxyl groups excluding tert-OH is 1. The number of carbonyl (C=O) groups excluding carboxylic acids is 1. The van der Waals surface area contributed by atoms with E-state index in [9.17, 15) is 14.3 Å². The number of aliphatic hydroxyl groups is 1. The van der Waals surface area contributed by atoms with Crippen LogP contribution in [0.1, 0.15) is 37.9 Å². The molecule has 0 aliphatic heterocycles. The van der Waals surface area contributed by atoms with Crippen LogP contribution in [0.4, 0.5) is 9.18 Å². The predicted molar refractivity (Wildman–Crippen MR) is 99.0 cm³/mol. The fraction of sp³-hybridized carbons (Fsp3) is 0.381. The van der Waals surface area contributed by atoms with Crippen LogP contribution in [0.5, 0.6) is 0 Å². The van der Waals surface area contributed by atoms with Gasteiger partial charge in [0.2, 0.25) is 0 Å². The summed E-state index contributed by atoms with van der Waals surface area (Å²) in [5.74, 6) is -0.403. The highest BCUT2D eigenvalue weighted by atomic mass is 19.1. The van der Waals surface area contributed by atoms with E-state index in [0.717, 1.165) is 5.56 Å². The fourth-order valence-corrected chi connectivity index (χ4v) is 2.96. The van der Waals surface area contributed by atoms with Crippen molar-refractivity contribution >= 4 is 6.09 Å². The molecule has 0 saturated heterocycles. The van der Waals surface area contributed by atoms with Gasteiger partial charge in [0, 0.05) is 5.56 Å². The molecule has 0 heterocycles. The number of carbonyl (C=O) groups is 1. The number of rotatable bonds is 7. The second-order valence-corrected chi connectivity index (χ2v) is 6.64. The average molecular weight is 359 g/mol. The van der Waals surface area contributed by atoms with Gasteiger partial charge < -0.3 is 9.84 Å². The van der Waals surface area contributed by atoms with Crippen molar-refractivity contribution in [2.24, 2.45) is 5.92 Å². The van der Waals surface area contributed by atoms with Crippen LogP contribution in [0.15, 0.2) is 54.6 Å². The van der Waals surface area contributed by atoms with E-state index in [1.807, 2.05) is 44.2 Å². The van der Waals surface area contributed by atoms with Gasteiger partial charge >= 0.3 is 6.09 Å². The van der Waals surface area contributed by atoms with E-state index < -0.39 is 18.2 Å². The van der Waals surface area contributed by atoms with Gasteiger partial charge in [-0.2, -0.15) is 0 Å². The SMILES string of the molecule is CC(C)C(CO)N(C(=O)OCc1ccccc1)C(C)c1ccccc1F. The first kappa shape index (κ1) is 19.9. The molecule has 140 valence electrons. The van der Waals surface area contributed by atoms with Gasteiger partial charge in [-0.15, -0.1) is 0 Å². The molecule has 26 heavy (non-hydrogen) atoms. The zero-order valence-electron chi connectivity index (χ0n) is 15.4. The van der Waals surface area contributed by atoms with Gasteiger partial charge in [0.25, 0.3) is 0 Å². The van der Waals surface area contributed by atoms with Crippen molar-refractivity contribution in [2.75, 3.05) is 6.61 Å². The van der Waals surface area contributed by atoms with Gasteiger partial charge in [-0.1, -0.05) is 62.4 Å². The molecule has 0 bridgehead atoms. The van der Waals surface area contributed by atoms with Crippen molar-refractivity contribution in [1.82, 2.24) is 4.90 Å². The lowest BCUT2D eigenvalue weighted by Crippen LogP contribution is -2.47. The summed E-state index contributed by atoms with van der Waals surface area (Å²) in [6.07, 6.45) is -0.572. The maximum atomic E-state index is 14.2. The van der Waals surface area contributed by atoms with Crippen LogP contribution in [0, 0.1) is 11.7 Å². The second-order valence-electron chi connectivity index (χ2n) is 6.64. The Morgan fingerprint density at radius 2 is 1.69 bits per heavy atom. The Hall–Kier alpha value is -2.40. The minimum Gasteiger partial charge on any atom is -0.445 e. The summed E-state index contributed by atoms with van der Waals surface area (Å²) in [6.45, 7) is 5.46. The van der Waals surface area contributed by atoms with E-state index >= 15 is 0 Å². The molecule has 0 saturated carbocycles. The highest BCUT2D eigenvalue weighted by Crippen LogP contribution is 2.28. The summed E-state index contributed by atoms with van der Waals surface area (Å²) in [5, 5.41) is 9.82. The van der Waals surface area contributed by atoms with Gasteiger partial charge in [0.1, 0.15) is 12.4 Å². The van der Waals surface area contributed by atoms with E-state index in [4.69, 9.17) is 4.74 Å². The monoisotopic (exact) mass is 359 g/mol. The average Bonchev–Trinajstić information content (AvgIpc) is 2.64. The molecule has 2 atom stereocenters. The third-order valence-corrected chi connectivity index (χ3v) is 4.50. The number of amides is 1. The standard InChI is InChI=1S/C21H26FNO3/c1-15(2)20(13-24)23(16(3)18-11-7-8-12-19(18)22)21(25)26-14-17-9-5-4-6-10-17/h4-12,15-16,20,24H,13-14H2,1-3H3. The zero-order valence-corrected chi connectivity index (χ0v) is 15.4. The fourth-order valence-electron chi connectivity index (χ4n) is 2.96. The van der Waals surface area contributed by atoms with Crippen molar-refractivity contribution in [1.29, 1.82) is 0 Å². The molecule has 2 rings (SSSR count). The van der Waals surface area contributed by atoms with E-state index in [2.05, 4.69) is 0 Å².